The zero-order valence-corrected chi connectivity index (χ0v) is 9.68. The second-order valence-electron chi connectivity index (χ2n) is 4.51. The molecule has 1 nitrogen and oxygen atoms in total. The molecule has 0 amide bonds. The standard InChI is InChI=1S/C15H16O/c1-11(2)15(10-16)14-8-7-12-5-3-4-6-13(12)9-14/h3-11,15H,1-2H3/t15-/m1/s1. The summed E-state index contributed by atoms with van der Waals surface area (Å²) in [6.07, 6.45) is 1.05. The van der Waals surface area contributed by atoms with E-state index >= 15 is 0 Å². The number of hydrogen-bond acceptors (Lipinski definition) is 1. The molecule has 0 saturated heterocycles. The van der Waals surface area contributed by atoms with E-state index in [1.807, 2.05) is 12.1 Å². The van der Waals surface area contributed by atoms with Gasteiger partial charge in [-0.3, -0.25) is 0 Å². The van der Waals surface area contributed by atoms with Crippen LogP contribution in [0.15, 0.2) is 42.5 Å². The Hall–Kier alpha value is -1.63. The van der Waals surface area contributed by atoms with Gasteiger partial charge in [0.2, 0.25) is 0 Å². The third-order valence-corrected chi connectivity index (χ3v) is 3.02. The minimum Gasteiger partial charge on any atom is -0.303 e. The minimum absolute atomic E-state index is 0.00426. The van der Waals surface area contributed by atoms with Gasteiger partial charge in [0.05, 0.1) is 0 Å². The third-order valence-electron chi connectivity index (χ3n) is 3.02. The summed E-state index contributed by atoms with van der Waals surface area (Å²) in [5, 5.41) is 2.42. The number of hydrogen-bond donors (Lipinski definition) is 0. The van der Waals surface area contributed by atoms with Crippen LogP contribution in [0, 0.1) is 5.92 Å². The first-order chi connectivity index (χ1) is 7.72. The van der Waals surface area contributed by atoms with Crippen molar-refractivity contribution < 1.29 is 4.79 Å². The first-order valence-electron chi connectivity index (χ1n) is 5.66. The fourth-order valence-corrected chi connectivity index (χ4v) is 2.04. The number of carbonyl (C=O) groups excluding carboxylic acids is 1. The molecule has 0 bridgehead atoms. The third kappa shape index (κ3) is 1.99. The fraction of sp³-hybridized carbons (Fsp3) is 0.267. The molecule has 0 aliphatic heterocycles. The highest BCUT2D eigenvalue weighted by Crippen LogP contribution is 2.25. The average molecular weight is 212 g/mol. The Morgan fingerprint density at radius 2 is 1.69 bits per heavy atom. The molecule has 2 aromatic rings. The first-order valence-corrected chi connectivity index (χ1v) is 5.66. The summed E-state index contributed by atoms with van der Waals surface area (Å²) in [7, 11) is 0. The van der Waals surface area contributed by atoms with Crippen LogP contribution in [0.2, 0.25) is 0 Å². The SMILES string of the molecule is CC(C)[C@@H](C=O)c1ccc2ccccc2c1. The topological polar surface area (TPSA) is 17.1 Å². The lowest BCUT2D eigenvalue weighted by Gasteiger charge is -2.15. The molecule has 0 saturated carbocycles. The summed E-state index contributed by atoms with van der Waals surface area (Å²) in [6.45, 7) is 4.16. The van der Waals surface area contributed by atoms with E-state index in [2.05, 4.69) is 44.2 Å². The summed E-state index contributed by atoms with van der Waals surface area (Å²) < 4.78 is 0. The molecule has 2 aromatic carbocycles. The molecule has 0 aromatic heterocycles. The maximum Gasteiger partial charge on any atom is 0.127 e. The molecule has 0 spiro atoms. The molecule has 16 heavy (non-hydrogen) atoms. The van der Waals surface area contributed by atoms with Crippen molar-refractivity contribution in [3.05, 3.63) is 48.0 Å². The highest BCUT2D eigenvalue weighted by molar-refractivity contribution is 5.84. The van der Waals surface area contributed by atoms with Crippen LogP contribution in [0.5, 0.6) is 0 Å². The van der Waals surface area contributed by atoms with Gasteiger partial charge in [-0.05, 0) is 22.3 Å². The van der Waals surface area contributed by atoms with Crippen molar-refractivity contribution in [3.63, 3.8) is 0 Å². The van der Waals surface area contributed by atoms with E-state index in [0.29, 0.717) is 5.92 Å². The van der Waals surface area contributed by atoms with E-state index in [0.717, 1.165) is 11.8 Å². The molecule has 0 N–H and O–H groups in total. The fourth-order valence-electron chi connectivity index (χ4n) is 2.04. The Balaban J connectivity index is 2.49. The molecule has 1 atom stereocenters. The molecule has 0 heterocycles. The van der Waals surface area contributed by atoms with Crippen molar-refractivity contribution in [1.29, 1.82) is 0 Å². The summed E-state index contributed by atoms with van der Waals surface area (Å²) in [5.74, 6) is 0.350. The number of rotatable bonds is 3. The molecule has 2 rings (SSSR count). The van der Waals surface area contributed by atoms with Crippen LogP contribution in [-0.4, -0.2) is 6.29 Å². The molecule has 0 unspecified atom stereocenters. The van der Waals surface area contributed by atoms with Crippen molar-refractivity contribution in [3.8, 4) is 0 Å². The number of aldehydes is 1. The van der Waals surface area contributed by atoms with Crippen LogP contribution >= 0.6 is 0 Å². The van der Waals surface area contributed by atoms with Crippen molar-refractivity contribution in [2.75, 3.05) is 0 Å². The normalized spacial score (nSPS) is 12.9. The van der Waals surface area contributed by atoms with E-state index in [4.69, 9.17) is 0 Å². The van der Waals surface area contributed by atoms with Crippen LogP contribution in [0.25, 0.3) is 10.8 Å². The van der Waals surface area contributed by atoms with E-state index in [9.17, 15) is 4.79 Å². The van der Waals surface area contributed by atoms with Crippen LogP contribution in [0.1, 0.15) is 25.3 Å². The highest BCUT2D eigenvalue weighted by atomic mass is 16.1. The van der Waals surface area contributed by atoms with Gasteiger partial charge in [0.15, 0.2) is 0 Å². The number of carbonyl (C=O) groups is 1. The second kappa shape index (κ2) is 4.48. The largest absolute Gasteiger partial charge is 0.303 e. The van der Waals surface area contributed by atoms with Gasteiger partial charge < -0.3 is 4.79 Å². The highest BCUT2D eigenvalue weighted by Gasteiger charge is 2.14. The molecule has 0 fully saturated rings. The van der Waals surface area contributed by atoms with Gasteiger partial charge in [-0.2, -0.15) is 0 Å². The van der Waals surface area contributed by atoms with E-state index in [-0.39, 0.29) is 5.92 Å². The van der Waals surface area contributed by atoms with Gasteiger partial charge in [-0.25, -0.2) is 0 Å². The smallest absolute Gasteiger partial charge is 0.127 e. The lowest BCUT2D eigenvalue weighted by molar-refractivity contribution is -0.109. The van der Waals surface area contributed by atoms with Gasteiger partial charge in [-0.15, -0.1) is 0 Å². The van der Waals surface area contributed by atoms with E-state index in [1.165, 1.54) is 10.8 Å². The maximum absolute atomic E-state index is 11.1. The Bertz CT molecular complexity index is 500. The predicted molar refractivity (Wildman–Crippen MR) is 67.6 cm³/mol. The van der Waals surface area contributed by atoms with Crippen LogP contribution in [0.4, 0.5) is 0 Å². The van der Waals surface area contributed by atoms with Crippen LogP contribution < -0.4 is 0 Å². The molecule has 0 aliphatic rings. The number of fused-ring (bicyclic) bond motifs is 1. The number of benzene rings is 2. The summed E-state index contributed by atoms with van der Waals surface area (Å²) in [4.78, 5) is 11.1. The summed E-state index contributed by atoms with van der Waals surface area (Å²) in [6, 6.07) is 14.5. The minimum atomic E-state index is 0.00426. The van der Waals surface area contributed by atoms with Gasteiger partial charge in [-0.1, -0.05) is 56.3 Å². The molecular weight excluding hydrogens is 196 g/mol. The van der Waals surface area contributed by atoms with Crippen molar-refractivity contribution in [2.45, 2.75) is 19.8 Å². The second-order valence-corrected chi connectivity index (χ2v) is 4.51. The lowest BCUT2D eigenvalue weighted by Crippen LogP contribution is -2.07. The van der Waals surface area contributed by atoms with E-state index < -0.39 is 0 Å². The zero-order valence-electron chi connectivity index (χ0n) is 9.68. The molecule has 0 radical (unpaired) electrons. The summed E-state index contributed by atoms with van der Waals surface area (Å²) >= 11 is 0. The quantitative estimate of drug-likeness (QED) is 0.708. The first kappa shape index (κ1) is 10.9. The average Bonchev–Trinajstić information content (AvgIpc) is 2.29. The lowest BCUT2D eigenvalue weighted by atomic mass is 9.89. The van der Waals surface area contributed by atoms with E-state index in [1.54, 1.807) is 0 Å². The zero-order chi connectivity index (χ0) is 11.5. The van der Waals surface area contributed by atoms with Gasteiger partial charge in [0, 0.05) is 5.92 Å². The van der Waals surface area contributed by atoms with Crippen LogP contribution in [-0.2, 0) is 4.79 Å². The molecular formula is C15H16O. The Labute approximate surface area is 96.1 Å². The predicted octanol–water partition coefficient (Wildman–Crippen LogP) is 3.78. The summed E-state index contributed by atoms with van der Waals surface area (Å²) in [5.41, 5.74) is 1.11. The molecule has 1 heteroatoms. The van der Waals surface area contributed by atoms with Gasteiger partial charge >= 0.3 is 0 Å². The van der Waals surface area contributed by atoms with Crippen molar-refractivity contribution in [2.24, 2.45) is 5.92 Å². The van der Waals surface area contributed by atoms with Crippen molar-refractivity contribution in [1.82, 2.24) is 0 Å². The monoisotopic (exact) mass is 212 g/mol. The van der Waals surface area contributed by atoms with Crippen molar-refractivity contribution >= 4 is 17.1 Å². The van der Waals surface area contributed by atoms with Gasteiger partial charge in [0.1, 0.15) is 6.29 Å². The van der Waals surface area contributed by atoms with Crippen LogP contribution in [0.3, 0.4) is 0 Å². The molecule has 82 valence electrons. The van der Waals surface area contributed by atoms with Gasteiger partial charge in [0.25, 0.3) is 0 Å². The Morgan fingerprint density at radius 3 is 2.31 bits per heavy atom. The Kier molecular flexibility index (Phi) is 3.04. The maximum atomic E-state index is 11.1. The Morgan fingerprint density at radius 1 is 1.00 bits per heavy atom. The molecule has 0 aliphatic carbocycles.